The van der Waals surface area contributed by atoms with Crippen molar-refractivity contribution in [2.75, 3.05) is 37.2 Å². The van der Waals surface area contributed by atoms with Crippen molar-refractivity contribution in [2.45, 2.75) is 0 Å². The largest absolute Gasteiger partial charge is 0.495 e. The fraction of sp³-hybridized carbons (Fsp3) is 0.188. The van der Waals surface area contributed by atoms with Crippen molar-refractivity contribution >= 4 is 23.0 Å². The second-order valence-corrected chi connectivity index (χ2v) is 4.86. The van der Waals surface area contributed by atoms with E-state index in [-0.39, 0.29) is 5.91 Å². The predicted molar refractivity (Wildman–Crippen MR) is 86.1 cm³/mol. The highest BCUT2D eigenvalue weighted by Crippen LogP contribution is 2.23. The van der Waals surface area contributed by atoms with E-state index in [1.165, 1.54) is 7.11 Å². The number of ether oxygens (including phenoxy) is 1. The number of nitrogens with zero attached hydrogens (tertiary/aromatic N) is 1. The van der Waals surface area contributed by atoms with Gasteiger partial charge >= 0.3 is 0 Å². The monoisotopic (exact) mass is 285 g/mol. The van der Waals surface area contributed by atoms with Gasteiger partial charge in [0.1, 0.15) is 5.75 Å². The topological polar surface area (TPSA) is 67.6 Å². The van der Waals surface area contributed by atoms with Gasteiger partial charge in [0.15, 0.2) is 0 Å². The van der Waals surface area contributed by atoms with Gasteiger partial charge in [-0.1, -0.05) is 6.07 Å². The molecule has 0 aliphatic rings. The lowest BCUT2D eigenvalue weighted by molar-refractivity contribution is 0.102. The van der Waals surface area contributed by atoms with Crippen LogP contribution in [-0.2, 0) is 0 Å². The summed E-state index contributed by atoms with van der Waals surface area (Å²) in [5, 5.41) is 2.86. The van der Waals surface area contributed by atoms with Crippen molar-refractivity contribution in [2.24, 2.45) is 0 Å². The molecule has 0 fully saturated rings. The summed E-state index contributed by atoms with van der Waals surface area (Å²) in [4.78, 5) is 14.2. The van der Waals surface area contributed by atoms with Crippen LogP contribution in [0.4, 0.5) is 17.1 Å². The highest BCUT2D eigenvalue weighted by molar-refractivity contribution is 6.05. The highest BCUT2D eigenvalue weighted by atomic mass is 16.5. The van der Waals surface area contributed by atoms with E-state index in [2.05, 4.69) is 5.32 Å². The van der Waals surface area contributed by atoms with Crippen molar-refractivity contribution in [1.29, 1.82) is 0 Å². The van der Waals surface area contributed by atoms with Crippen molar-refractivity contribution in [1.82, 2.24) is 0 Å². The Balaban J connectivity index is 2.20. The normalized spacial score (nSPS) is 10.0. The van der Waals surface area contributed by atoms with Crippen LogP contribution in [0.2, 0.25) is 0 Å². The number of anilines is 3. The third-order valence-electron chi connectivity index (χ3n) is 3.12. The molecule has 0 bridgehead atoms. The molecular weight excluding hydrogens is 266 g/mol. The smallest absolute Gasteiger partial charge is 0.255 e. The molecule has 0 radical (unpaired) electrons. The Hall–Kier alpha value is -2.69. The molecule has 2 aromatic carbocycles. The average Bonchev–Trinajstić information content (AvgIpc) is 2.47. The summed E-state index contributed by atoms with van der Waals surface area (Å²) >= 11 is 0. The third kappa shape index (κ3) is 3.45. The van der Waals surface area contributed by atoms with Gasteiger partial charge in [0.05, 0.1) is 12.8 Å². The highest BCUT2D eigenvalue weighted by Gasteiger charge is 2.09. The average molecular weight is 285 g/mol. The summed E-state index contributed by atoms with van der Waals surface area (Å²) in [6, 6.07) is 12.6. The summed E-state index contributed by atoms with van der Waals surface area (Å²) in [7, 11) is 5.42. The van der Waals surface area contributed by atoms with Crippen LogP contribution >= 0.6 is 0 Å². The minimum atomic E-state index is -0.204. The minimum absolute atomic E-state index is 0.204. The van der Waals surface area contributed by atoms with Crippen LogP contribution in [0.25, 0.3) is 0 Å². The number of rotatable bonds is 4. The van der Waals surface area contributed by atoms with Crippen molar-refractivity contribution in [3.05, 3.63) is 48.0 Å². The van der Waals surface area contributed by atoms with E-state index in [4.69, 9.17) is 10.5 Å². The van der Waals surface area contributed by atoms with Crippen LogP contribution in [0.5, 0.6) is 5.75 Å². The molecule has 0 unspecified atom stereocenters. The van der Waals surface area contributed by atoms with E-state index in [0.717, 1.165) is 11.4 Å². The number of amides is 1. The maximum Gasteiger partial charge on any atom is 0.255 e. The number of nitrogen functional groups attached to an aromatic ring is 1. The van der Waals surface area contributed by atoms with Gasteiger partial charge in [0, 0.05) is 31.0 Å². The number of carbonyl (C=O) groups is 1. The van der Waals surface area contributed by atoms with E-state index in [1.54, 1.807) is 18.2 Å². The van der Waals surface area contributed by atoms with Crippen molar-refractivity contribution in [3.8, 4) is 5.75 Å². The molecule has 0 saturated carbocycles. The first-order valence-electron chi connectivity index (χ1n) is 6.53. The lowest BCUT2D eigenvalue weighted by Crippen LogP contribution is -2.13. The van der Waals surface area contributed by atoms with E-state index < -0.39 is 0 Å². The number of carbonyl (C=O) groups excluding carboxylic acids is 1. The zero-order valence-corrected chi connectivity index (χ0v) is 12.4. The van der Waals surface area contributed by atoms with Gasteiger partial charge in [-0.2, -0.15) is 0 Å². The molecule has 0 saturated heterocycles. The molecule has 5 nitrogen and oxygen atoms in total. The van der Waals surface area contributed by atoms with Gasteiger partial charge in [0.25, 0.3) is 5.91 Å². The van der Waals surface area contributed by atoms with Crippen LogP contribution in [0, 0.1) is 0 Å². The Morgan fingerprint density at radius 3 is 2.62 bits per heavy atom. The summed E-state index contributed by atoms with van der Waals surface area (Å²) in [5.74, 6) is 0.286. The number of benzene rings is 2. The Morgan fingerprint density at radius 2 is 1.95 bits per heavy atom. The lowest BCUT2D eigenvalue weighted by Gasteiger charge is -2.14. The molecule has 3 N–H and O–H groups in total. The Morgan fingerprint density at radius 1 is 1.19 bits per heavy atom. The molecule has 21 heavy (non-hydrogen) atoms. The van der Waals surface area contributed by atoms with Crippen LogP contribution in [-0.4, -0.2) is 27.1 Å². The Labute approximate surface area is 124 Å². The quantitative estimate of drug-likeness (QED) is 0.847. The second-order valence-electron chi connectivity index (χ2n) is 4.86. The van der Waals surface area contributed by atoms with E-state index in [9.17, 15) is 4.79 Å². The summed E-state index contributed by atoms with van der Waals surface area (Å²) in [6.07, 6.45) is 0. The number of nitrogens with two attached hydrogens (primary N) is 1. The molecule has 2 aromatic rings. The molecule has 110 valence electrons. The molecule has 5 heteroatoms. The lowest BCUT2D eigenvalue weighted by atomic mass is 10.1. The van der Waals surface area contributed by atoms with Gasteiger partial charge in [-0.3, -0.25) is 4.79 Å². The molecule has 0 aliphatic heterocycles. The number of hydrogen-bond donors (Lipinski definition) is 2. The predicted octanol–water partition coefficient (Wildman–Crippen LogP) is 2.60. The molecule has 1 amide bonds. The maximum absolute atomic E-state index is 12.3. The summed E-state index contributed by atoms with van der Waals surface area (Å²) in [6.45, 7) is 0. The first-order chi connectivity index (χ1) is 10.0. The molecular formula is C16H19N3O2. The van der Waals surface area contributed by atoms with E-state index in [0.29, 0.717) is 17.0 Å². The van der Waals surface area contributed by atoms with Gasteiger partial charge in [-0.15, -0.1) is 0 Å². The van der Waals surface area contributed by atoms with Gasteiger partial charge in [0.2, 0.25) is 0 Å². The first kappa shape index (κ1) is 14.7. The zero-order valence-electron chi connectivity index (χ0n) is 12.4. The van der Waals surface area contributed by atoms with Crippen molar-refractivity contribution in [3.63, 3.8) is 0 Å². The molecule has 0 atom stereocenters. The van der Waals surface area contributed by atoms with Crippen molar-refractivity contribution < 1.29 is 9.53 Å². The fourth-order valence-corrected chi connectivity index (χ4v) is 1.92. The van der Waals surface area contributed by atoms with E-state index >= 15 is 0 Å². The van der Waals surface area contributed by atoms with Crippen LogP contribution in [0.15, 0.2) is 42.5 Å². The second kappa shape index (κ2) is 6.17. The SMILES string of the molecule is COc1cc(C(=O)Nc2cccc(N(C)C)c2)ccc1N. The Bertz CT molecular complexity index is 654. The zero-order chi connectivity index (χ0) is 15.4. The number of hydrogen-bond acceptors (Lipinski definition) is 4. The van der Waals surface area contributed by atoms with Crippen LogP contribution in [0.3, 0.4) is 0 Å². The van der Waals surface area contributed by atoms with Crippen LogP contribution < -0.4 is 20.7 Å². The molecule has 0 heterocycles. The first-order valence-corrected chi connectivity index (χ1v) is 6.53. The van der Waals surface area contributed by atoms with Gasteiger partial charge < -0.3 is 20.7 Å². The Kier molecular flexibility index (Phi) is 4.33. The number of nitrogens with one attached hydrogen (secondary N) is 1. The van der Waals surface area contributed by atoms with Gasteiger partial charge in [-0.25, -0.2) is 0 Å². The fourth-order valence-electron chi connectivity index (χ4n) is 1.92. The molecule has 2 rings (SSSR count). The molecule has 0 spiro atoms. The third-order valence-corrected chi connectivity index (χ3v) is 3.12. The summed E-state index contributed by atoms with van der Waals surface area (Å²) in [5.41, 5.74) is 8.50. The minimum Gasteiger partial charge on any atom is -0.495 e. The van der Waals surface area contributed by atoms with E-state index in [1.807, 2.05) is 43.3 Å². The summed E-state index contributed by atoms with van der Waals surface area (Å²) < 4.78 is 5.12. The number of methoxy groups -OCH3 is 1. The molecule has 0 aromatic heterocycles. The molecule has 0 aliphatic carbocycles. The van der Waals surface area contributed by atoms with Gasteiger partial charge in [-0.05, 0) is 36.4 Å². The standard InChI is InChI=1S/C16H19N3O2/c1-19(2)13-6-4-5-12(10-13)18-16(20)11-7-8-14(17)15(9-11)21-3/h4-10H,17H2,1-3H3,(H,18,20). The van der Waals surface area contributed by atoms with Crippen LogP contribution in [0.1, 0.15) is 10.4 Å². The maximum atomic E-state index is 12.3.